The summed E-state index contributed by atoms with van der Waals surface area (Å²) in [6.45, 7) is 3.33. The highest BCUT2D eigenvalue weighted by Crippen LogP contribution is 2.25. The minimum atomic E-state index is -0.863. The van der Waals surface area contributed by atoms with Crippen molar-refractivity contribution in [2.24, 2.45) is 0 Å². The van der Waals surface area contributed by atoms with Crippen molar-refractivity contribution in [1.82, 2.24) is 14.9 Å². The summed E-state index contributed by atoms with van der Waals surface area (Å²) >= 11 is 0. The van der Waals surface area contributed by atoms with Crippen LogP contribution in [0.1, 0.15) is 23.1 Å². The molecule has 1 aromatic carbocycles. The highest BCUT2D eigenvalue weighted by atomic mass is 19.2. The minimum absolute atomic E-state index is 0.227. The summed E-state index contributed by atoms with van der Waals surface area (Å²) in [7, 11) is 0. The number of morpholine rings is 1. The van der Waals surface area contributed by atoms with Gasteiger partial charge in [-0.2, -0.15) is 0 Å². The molecule has 5 nitrogen and oxygen atoms in total. The Morgan fingerprint density at radius 1 is 1.43 bits per heavy atom. The third kappa shape index (κ3) is 3.46. The van der Waals surface area contributed by atoms with Crippen molar-refractivity contribution in [3.8, 4) is 0 Å². The Hall–Kier alpha value is -2.12. The SMILES string of the molecule is Cc1nc(C2COCCN2Cc2cccc(F)c2F)cc(=O)[nH]1. The molecule has 7 heteroatoms. The number of halogens is 2. The number of ether oxygens (including phenoxy) is 1. The lowest BCUT2D eigenvalue weighted by molar-refractivity contribution is -0.0148. The second-order valence-electron chi connectivity index (χ2n) is 5.53. The molecular weight excluding hydrogens is 304 g/mol. The number of aromatic amines is 1. The second-order valence-corrected chi connectivity index (χ2v) is 5.53. The van der Waals surface area contributed by atoms with Crippen LogP contribution in [0.5, 0.6) is 0 Å². The van der Waals surface area contributed by atoms with Crippen LogP contribution in [0.3, 0.4) is 0 Å². The van der Waals surface area contributed by atoms with Crippen molar-refractivity contribution in [2.75, 3.05) is 19.8 Å². The third-order valence-corrected chi connectivity index (χ3v) is 3.87. The van der Waals surface area contributed by atoms with Gasteiger partial charge in [-0.15, -0.1) is 0 Å². The van der Waals surface area contributed by atoms with Crippen LogP contribution < -0.4 is 5.56 Å². The van der Waals surface area contributed by atoms with Gasteiger partial charge in [0.25, 0.3) is 5.56 Å². The summed E-state index contributed by atoms with van der Waals surface area (Å²) in [6.07, 6.45) is 0. The Morgan fingerprint density at radius 3 is 3.04 bits per heavy atom. The number of rotatable bonds is 3. The van der Waals surface area contributed by atoms with E-state index >= 15 is 0 Å². The van der Waals surface area contributed by atoms with Gasteiger partial charge < -0.3 is 9.72 Å². The Kier molecular flexibility index (Phi) is 4.49. The standard InChI is InChI=1S/C16H17F2N3O2/c1-10-19-13(7-15(22)20-10)14-9-23-6-5-21(14)8-11-3-2-4-12(17)16(11)18/h2-4,7,14H,5-6,8-9H2,1H3,(H,19,20,22). The molecule has 0 radical (unpaired) electrons. The van der Waals surface area contributed by atoms with Crippen LogP contribution in [0.4, 0.5) is 8.78 Å². The first-order chi connectivity index (χ1) is 11.0. The number of hydrogen-bond donors (Lipinski definition) is 1. The summed E-state index contributed by atoms with van der Waals surface area (Å²) < 4.78 is 32.8. The lowest BCUT2D eigenvalue weighted by Gasteiger charge is -2.35. The molecule has 1 N–H and O–H groups in total. The van der Waals surface area contributed by atoms with Crippen LogP contribution in [0.2, 0.25) is 0 Å². The maximum atomic E-state index is 13.9. The van der Waals surface area contributed by atoms with E-state index in [1.165, 1.54) is 12.1 Å². The van der Waals surface area contributed by atoms with Crippen molar-refractivity contribution in [3.05, 3.63) is 63.3 Å². The number of nitrogens with zero attached hydrogens (tertiary/aromatic N) is 2. The number of aryl methyl sites for hydroxylation is 1. The summed E-state index contributed by atoms with van der Waals surface area (Å²) in [4.78, 5) is 20.5. The van der Waals surface area contributed by atoms with E-state index in [1.54, 1.807) is 13.0 Å². The Bertz CT molecular complexity index is 763. The van der Waals surface area contributed by atoms with Gasteiger partial charge in [-0.1, -0.05) is 12.1 Å². The van der Waals surface area contributed by atoms with Gasteiger partial charge in [0.1, 0.15) is 5.82 Å². The van der Waals surface area contributed by atoms with E-state index < -0.39 is 11.6 Å². The van der Waals surface area contributed by atoms with Gasteiger partial charge in [0, 0.05) is 24.7 Å². The van der Waals surface area contributed by atoms with E-state index in [9.17, 15) is 13.6 Å². The molecule has 1 saturated heterocycles. The topological polar surface area (TPSA) is 58.2 Å². The Balaban J connectivity index is 1.89. The van der Waals surface area contributed by atoms with E-state index in [0.717, 1.165) is 6.07 Å². The Labute approximate surface area is 131 Å². The smallest absolute Gasteiger partial charge is 0.251 e. The van der Waals surface area contributed by atoms with Crippen LogP contribution in [0.25, 0.3) is 0 Å². The van der Waals surface area contributed by atoms with Gasteiger partial charge in [0.2, 0.25) is 0 Å². The lowest BCUT2D eigenvalue weighted by atomic mass is 10.1. The zero-order valence-corrected chi connectivity index (χ0v) is 12.7. The van der Waals surface area contributed by atoms with Crippen molar-refractivity contribution >= 4 is 0 Å². The quantitative estimate of drug-likeness (QED) is 0.938. The first-order valence-electron chi connectivity index (χ1n) is 7.37. The molecule has 1 aliphatic rings. The fourth-order valence-electron chi connectivity index (χ4n) is 2.76. The first kappa shape index (κ1) is 15.8. The van der Waals surface area contributed by atoms with Gasteiger partial charge >= 0.3 is 0 Å². The lowest BCUT2D eigenvalue weighted by Crippen LogP contribution is -2.40. The van der Waals surface area contributed by atoms with Crippen LogP contribution in [0.15, 0.2) is 29.1 Å². The Morgan fingerprint density at radius 2 is 2.26 bits per heavy atom. The second kappa shape index (κ2) is 6.55. The zero-order valence-electron chi connectivity index (χ0n) is 12.7. The van der Waals surface area contributed by atoms with Gasteiger partial charge in [-0.25, -0.2) is 13.8 Å². The molecule has 122 valence electrons. The molecule has 2 aromatic rings. The monoisotopic (exact) mass is 321 g/mol. The van der Waals surface area contributed by atoms with Crippen LogP contribution >= 0.6 is 0 Å². The van der Waals surface area contributed by atoms with Gasteiger partial charge in [-0.3, -0.25) is 9.69 Å². The number of aromatic nitrogens is 2. The average molecular weight is 321 g/mol. The van der Waals surface area contributed by atoms with Gasteiger partial charge in [0.05, 0.1) is 24.9 Å². The minimum Gasteiger partial charge on any atom is -0.378 e. The van der Waals surface area contributed by atoms with Crippen LogP contribution in [-0.2, 0) is 11.3 Å². The van der Waals surface area contributed by atoms with E-state index in [4.69, 9.17) is 4.74 Å². The predicted molar refractivity (Wildman–Crippen MR) is 79.9 cm³/mol. The molecule has 0 amide bonds. The predicted octanol–water partition coefficient (Wildman–Crippen LogP) is 1.93. The molecule has 0 aliphatic carbocycles. The van der Waals surface area contributed by atoms with E-state index in [-0.39, 0.29) is 23.7 Å². The molecule has 0 saturated carbocycles. The van der Waals surface area contributed by atoms with E-state index in [2.05, 4.69) is 9.97 Å². The summed E-state index contributed by atoms with van der Waals surface area (Å²) in [5, 5.41) is 0. The van der Waals surface area contributed by atoms with Crippen LogP contribution in [-0.4, -0.2) is 34.6 Å². The van der Waals surface area contributed by atoms with E-state index in [1.807, 2.05) is 4.90 Å². The maximum Gasteiger partial charge on any atom is 0.251 e. The fourth-order valence-corrected chi connectivity index (χ4v) is 2.76. The molecule has 0 spiro atoms. The largest absolute Gasteiger partial charge is 0.378 e. The molecule has 2 heterocycles. The number of nitrogens with one attached hydrogen (secondary N) is 1. The van der Waals surface area contributed by atoms with Gasteiger partial charge in [0.15, 0.2) is 11.6 Å². The highest BCUT2D eigenvalue weighted by Gasteiger charge is 2.27. The van der Waals surface area contributed by atoms with Gasteiger partial charge in [-0.05, 0) is 13.0 Å². The highest BCUT2D eigenvalue weighted by molar-refractivity contribution is 5.20. The maximum absolute atomic E-state index is 13.9. The van der Waals surface area contributed by atoms with Crippen molar-refractivity contribution in [2.45, 2.75) is 19.5 Å². The van der Waals surface area contributed by atoms with E-state index in [0.29, 0.717) is 31.3 Å². The molecule has 1 atom stereocenters. The average Bonchev–Trinajstić information content (AvgIpc) is 2.51. The molecule has 1 fully saturated rings. The molecule has 23 heavy (non-hydrogen) atoms. The third-order valence-electron chi connectivity index (χ3n) is 3.87. The molecule has 1 unspecified atom stereocenters. The summed E-state index contributed by atoms with van der Waals surface area (Å²) in [6, 6.07) is 5.28. The number of hydrogen-bond acceptors (Lipinski definition) is 4. The van der Waals surface area contributed by atoms with Crippen LogP contribution in [0, 0.1) is 18.6 Å². The van der Waals surface area contributed by atoms with Crippen molar-refractivity contribution in [1.29, 1.82) is 0 Å². The number of H-pyrrole nitrogens is 1. The normalized spacial score (nSPS) is 19.0. The molecule has 1 aliphatic heterocycles. The first-order valence-corrected chi connectivity index (χ1v) is 7.37. The van der Waals surface area contributed by atoms with Crippen molar-refractivity contribution < 1.29 is 13.5 Å². The van der Waals surface area contributed by atoms with Crippen molar-refractivity contribution in [3.63, 3.8) is 0 Å². The summed E-state index contributed by atoms with van der Waals surface area (Å²) in [5.74, 6) is -1.19. The number of benzene rings is 1. The molecular formula is C16H17F2N3O2. The zero-order chi connectivity index (χ0) is 16.4. The molecule has 0 bridgehead atoms. The molecule has 1 aromatic heterocycles. The molecule has 3 rings (SSSR count). The fraction of sp³-hybridized carbons (Fsp3) is 0.375. The summed E-state index contributed by atoms with van der Waals surface area (Å²) in [5.41, 5.74) is 0.608.